The number of hydrogen-bond acceptors (Lipinski definition) is 12. The van der Waals surface area contributed by atoms with E-state index in [9.17, 15) is 19.2 Å². The second-order valence-corrected chi connectivity index (χ2v) is 20.3. The van der Waals surface area contributed by atoms with Crippen LogP contribution in [0, 0.1) is 35.5 Å². The molecule has 340 valence electrons. The van der Waals surface area contributed by atoms with Crippen molar-refractivity contribution in [2.45, 2.75) is 244 Å². The quantitative estimate of drug-likeness (QED) is 0.257. The molecular formula is C48H76O12. The molecule has 0 aromatic rings. The SMILES string of the molecule is CC([C@@H]1CC[C@@H](C)O1)[C@H]1C[C@@H]2CC[C@@H](O2)[C@@H](C)C(=O)C[C@@H]2CC[C@H](O2)[C@@H](C)C(=O)O[C@@H](C(C)[C@@H]2CC[C@@H](C)O2)C[C@@H]2CC[C@@H](O2)[C@@H](C)C(=O)C[C@@H]2CC[C@H](O2)[C@@H](C)C(=O)O1. The van der Waals surface area contributed by atoms with Gasteiger partial charge in [-0.05, 0) is 105 Å². The molecule has 0 amide bonds. The van der Waals surface area contributed by atoms with E-state index >= 15 is 0 Å². The van der Waals surface area contributed by atoms with Gasteiger partial charge in [-0.25, -0.2) is 0 Å². The first-order valence-electron chi connectivity index (χ1n) is 24.0. The summed E-state index contributed by atoms with van der Waals surface area (Å²) < 4.78 is 51.4. The van der Waals surface area contributed by atoms with Crippen LogP contribution in [0.15, 0.2) is 0 Å². The third-order valence-corrected chi connectivity index (χ3v) is 15.8. The van der Waals surface area contributed by atoms with Crippen molar-refractivity contribution in [2.75, 3.05) is 0 Å². The third kappa shape index (κ3) is 11.0. The molecule has 7 rings (SSSR count). The first-order valence-corrected chi connectivity index (χ1v) is 24.0. The van der Waals surface area contributed by atoms with Gasteiger partial charge in [-0.3, -0.25) is 19.2 Å². The highest BCUT2D eigenvalue weighted by atomic mass is 16.6. The first-order chi connectivity index (χ1) is 28.6. The van der Waals surface area contributed by atoms with Crippen molar-refractivity contribution >= 4 is 23.5 Å². The Balaban J connectivity index is 1.06. The Labute approximate surface area is 358 Å². The maximum absolute atomic E-state index is 13.9. The van der Waals surface area contributed by atoms with Crippen LogP contribution in [0.5, 0.6) is 0 Å². The standard InChI is InChI=1S/C48H76O12/c1-25-9-15-41(53-25)29(5)45-23-35-13-17-39(57-35)27(3)37(49)22-34-12-20-44(56-34)32(8)48(52)60-46(30(6)42-16-10-26(2)54-42)24-36-14-18-40(58-36)28(4)38(50)21-33-11-19-43(55-33)31(7)47(51)59-45/h25-36,39-46H,9-24H2,1-8H3/t25-,26-,27+,28+,29?,30?,31-,32-,33+,34+,35+,36+,39-,40-,41+,42+,43+,44+,45-,46-/m1/s1. The van der Waals surface area contributed by atoms with Crippen LogP contribution in [0.2, 0.25) is 0 Å². The smallest absolute Gasteiger partial charge is 0.311 e. The highest BCUT2D eigenvalue weighted by molar-refractivity contribution is 5.82. The molecule has 8 bridgehead atoms. The van der Waals surface area contributed by atoms with Crippen molar-refractivity contribution in [1.82, 2.24) is 0 Å². The fraction of sp³-hybridized carbons (Fsp3) is 0.917. The lowest BCUT2D eigenvalue weighted by atomic mass is 9.90. The van der Waals surface area contributed by atoms with Crippen molar-refractivity contribution in [2.24, 2.45) is 35.5 Å². The summed E-state index contributed by atoms with van der Waals surface area (Å²) >= 11 is 0. The maximum atomic E-state index is 13.9. The predicted molar refractivity (Wildman–Crippen MR) is 222 cm³/mol. The molecule has 12 heteroatoms. The van der Waals surface area contributed by atoms with Gasteiger partial charge >= 0.3 is 11.9 Å². The molecule has 0 spiro atoms. The van der Waals surface area contributed by atoms with E-state index in [-0.39, 0.29) is 133 Å². The highest BCUT2D eigenvalue weighted by Gasteiger charge is 2.45. The minimum Gasteiger partial charge on any atom is -0.462 e. The molecule has 7 aliphatic rings. The Morgan fingerprint density at radius 2 is 0.717 bits per heavy atom. The fourth-order valence-electron chi connectivity index (χ4n) is 11.3. The molecule has 7 heterocycles. The second kappa shape index (κ2) is 20.3. The number of Topliss-reactive ketones (excluding diaryl/α,β-unsaturated/α-hetero) is 2. The zero-order valence-electron chi connectivity index (χ0n) is 37.8. The molecule has 0 radical (unpaired) electrons. The number of rotatable bonds is 4. The Morgan fingerprint density at radius 1 is 0.383 bits per heavy atom. The van der Waals surface area contributed by atoms with E-state index in [1.807, 2.05) is 27.7 Å². The van der Waals surface area contributed by atoms with Crippen LogP contribution in [-0.2, 0) is 57.1 Å². The molecule has 7 aliphatic heterocycles. The van der Waals surface area contributed by atoms with Crippen molar-refractivity contribution in [3.8, 4) is 0 Å². The Morgan fingerprint density at radius 3 is 1.07 bits per heavy atom. The van der Waals surface area contributed by atoms with Crippen molar-refractivity contribution < 1.29 is 57.1 Å². The van der Waals surface area contributed by atoms with Crippen LogP contribution in [0.1, 0.15) is 158 Å². The summed E-state index contributed by atoms with van der Waals surface area (Å²) in [6, 6.07) is 0. The zero-order valence-corrected chi connectivity index (χ0v) is 37.8. The summed E-state index contributed by atoms with van der Waals surface area (Å²) in [5.41, 5.74) is 0. The zero-order chi connectivity index (χ0) is 42.8. The molecule has 60 heavy (non-hydrogen) atoms. The van der Waals surface area contributed by atoms with Crippen molar-refractivity contribution in [3.63, 3.8) is 0 Å². The van der Waals surface area contributed by atoms with Gasteiger partial charge in [0.15, 0.2) is 0 Å². The molecule has 0 aromatic carbocycles. The highest BCUT2D eigenvalue weighted by Crippen LogP contribution is 2.39. The average molecular weight is 845 g/mol. The molecule has 0 aromatic heterocycles. The molecule has 0 N–H and O–H groups in total. The molecule has 0 saturated carbocycles. The van der Waals surface area contributed by atoms with Gasteiger partial charge in [-0.1, -0.05) is 27.7 Å². The van der Waals surface area contributed by atoms with E-state index in [0.717, 1.165) is 51.4 Å². The van der Waals surface area contributed by atoms with Crippen LogP contribution < -0.4 is 0 Å². The minimum absolute atomic E-state index is 0.0145. The Hall–Kier alpha value is -1.96. The lowest BCUT2D eigenvalue weighted by Crippen LogP contribution is -2.39. The number of ketones is 2. The number of cyclic esters (lactones) is 2. The predicted octanol–water partition coefficient (Wildman–Crippen LogP) is 7.66. The summed E-state index contributed by atoms with van der Waals surface area (Å²) in [5, 5.41) is 0. The summed E-state index contributed by atoms with van der Waals surface area (Å²) in [6.07, 6.45) is 8.73. The lowest BCUT2D eigenvalue weighted by molar-refractivity contribution is -0.167. The van der Waals surface area contributed by atoms with Gasteiger partial charge in [-0.2, -0.15) is 0 Å². The molecule has 7 fully saturated rings. The fourth-order valence-corrected chi connectivity index (χ4v) is 11.3. The summed E-state index contributed by atoms with van der Waals surface area (Å²) in [7, 11) is 0. The third-order valence-electron chi connectivity index (χ3n) is 15.8. The molecule has 0 aliphatic carbocycles. The number of esters is 2. The van der Waals surface area contributed by atoms with E-state index in [1.54, 1.807) is 0 Å². The molecule has 7 saturated heterocycles. The number of ether oxygens (including phenoxy) is 8. The largest absolute Gasteiger partial charge is 0.462 e. The minimum atomic E-state index is -0.496. The molecular weight excluding hydrogens is 769 g/mol. The molecule has 2 unspecified atom stereocenters. The van der Waals surface area contributed by atoms with Crippen LogP contribution in [0.4, 0.5) is 0 Å². The van der Waals surface area contributed by atoms with E-state index in [1.165, 1.54) is 0 Å². The van der Waals surface area contributed by atoms with Gasteiger partial charge in [-0.15, -0.1) is 0 Å². The number of fused-ring (bicyclic) bond motifs is 8. The van der Waals surface area contributed by atoms with E-state index in [0.29, 0.717) is 38.5 Å². The van der Waals surface area contributed by atoms with Gasteiger partial charge in [0.05, 0.1) is 85.1 Å². The van der Waals surface area contributed by atoms with E-state index in [2.05, 4.69) is 27.7 Å². The van der Waals surface area contributed by atoms with Gasteiger partial charge in [0.2, 0.25) is 0 Å². The van der Waals surface area contributed by atoms with Crippen LogP contribution >= 0.6 is 0 Å². The monoisotopic (exact) mass is 845 g/mol. The van der Waals surface area contributed by atoms with Crippen LogP contribution in [0.3, 0.4) is 0 Å². The van der Waals surface area contributed by atoms with E-state index < -0.39 is 24.0 Å². The Kier molecular flexibility index (Phi) is 15.5. The maximum Gasteiger partial charge on any atom is 0.311 e. The normalized spacial score (nSPS) is 46.5. The van der Waals surface area contributed by atoms with Crippen LogP contribution in [-0.4, -0.2) is 109 Å². The topological polar surface area (TPSA) is 142 Å². The first kappa shape index (κ1) is 46.0. The van der Waals surface area contributed by atoms with Gasteiger partial charge < -0.3 is 37.9 Å². The number of hydrogen-bond donors (Lipinski definition) is 0. The summed E-state index contributed by atoms with van der Waals surface area (Å²) in [6.45, 7) is 16.0. The van der Waals surface area contributed by atoms with Gasteiger partial charge in [0.1, 0.15) is 23.8 Å². The summed E-state index contributed by atoms with van der Waals surface area (Å²) in [4.78, 5) is 55.3. The lowest BCUT2D eigenvalue weighted by Gasteiger charge is -2.32. The van der Waals surface area contributed by atoms with Gasteiger partial charge in [0, 0.05) is 49.4 Å². The number of carbonyl (C=O) groups excluding carboxylic acids is 4. The van der Waals surface area contributed by atoms with Crippen molar-refractivity contribution in [1.29, 1.82) is 0 Å². The average Bonchev–Trinajstić information content (AvgIpc) is 4.09. The van der Waals surface area contributed by atoms with Crippen LogP contribution in [0.25, 0.3) is 0 Å². The molecule has 12 nitrogen and oxygen atoms in total. The van der Waals surface area contributed by atoms with Crippen molar-refractivity contribution in [3.05, 3.63) is 0 Å². The molecule has 20 atom stereocenters. The summed E-state index contributed by atoms with van der Waals surface area (Å²) in [5.74, 6) is -2.07. The number of carbonyl (C=O) groups is 4. The van der Waals surface area contributed by atoms with E-state index in [4.69, 9.17) is 37.9 Å². The van der Waals surface area contributed by atoms with Gasteiger partial charge in [0.25, 0.3) is 0 Å². The second-order valence-electron chi connectivity index (χ2n) is 20.3. The Bertz CT molecular complexity index is 1380.